The summed E-state index contributed by atoms with van der Waals surface area (Å²) in [6.45, 7) is 9.10. The van der Waals surface area contributed by atoms with Crippen LogP contribution >= 0.6 is 11.8 Å². The molecule has 0 unspecified atom stereocenters. The van der Waals surface area contributed by atoms with Crippen molar-refractivity contribution in [1.29, 1.82) is 0 Å². The van der Waals surface area contributed by atoms with E-state index in [9.17, 15) is 13.6 Å². The first-order chi connectivity index (χ1) is 11.4. The van der Waals surface area contributed by atoms with Gasteiger partial charge in [0.15, 0.2) is 16.7 Å². The number of nitrogen functional groups attached to an aromatic ring is 1. The number of hydrogen-bond acceptors (Lipinski definition) is 5. The molecule has 1 aromatic carbocycles. The third-order valence-electron chi connectivity index (χ3n) is 4.46. The van der Waals surface area contributed by atoms with Crippen molar-refractivity contribution >= 4 is 35.8 Å². The Morgan fingerprint density at radius 3 is 2.24 bits per heavy atom. The predicted octanol–water partition coefficient (Wildman–Crippen LogP) is 3.84. The van der Waals surface area contributed by atoms with Crippen molar-refractivity contribution in [3.8, 4) is 0 Å². The molecule has 0 amide bonds. The number of nitrogens with two attached hydrogens (primary N) is 1. The van der Waals surface area contributed by atoms with E-state index < -0.39 is 30.0 Å². The number of anilines is 1. The third-order valence-corrected chi connectivity index (χ3v) is 5.35. The molecule has 8 heteroatoms. The minimum atomic E-state index is -1.01. The fourth-order valence-electron chi connectivity index (χ4n) is 2.26. The standard InChI is InChI=1S/C17H22BF2NO3S/c1-10(22)25-9-12(18-23-16(2,3)17(4,5)24-18)6-11-7-13(19)14(20)8-15(11)21/h6-8H,9,21H2,1-5H3. The molecule has 0 bridgehead atoms. The maximum Gasteiger partial charge on any atom is 0.491 e. The van der Waals surface area contributed by atoms with E-state index in [1.807, 2.05) is 27.7 Å². The lowest BCUT2D eigenvalue weighted by Gasteiger charge is -2.32. The van der Waals surface area contributed by atoms with Gasteiger partial charge in [0.1, 0.15) is 0 Å². The second kappa shape index (κ2) is 7.09. The Labute approximate surface area is 151 Å². The highest BCUT2D eigenvalue weighted by atomic mass is 32.2. The van der Waals surface area contributed by atoms with Crippen LogP contribution < -0.4 is 5.73 Å². The molecule has 0 aliphatic carbocycles. The van der Waals surface area contributed by atoms with Crippen molar-refractivity contribution in [2.45, 2.75) is 45.8 Å². The van der Waals surface area contributed by atoms with Crippen molar-refractivity contribution in [3.63, 3.8) is 0 Å². The normalized spacial score (nSPS) is 19.3. The minimum absolute atomic E-state index is 0.0688. The van der Waals surface area contributed by atoms with Crippen LogP contribution in [0.5, 0.6) is 0 Å². The van der Waals surface area contributed by atoms with Crippen LogP contribution in [-0.2, 0) is 14.1 Å². The van der Waals surface area contributed by atoms with Gasteiger partial charge in [-0.3, -0.25) is 4.79 Å². The van der Waals surface area contributed by atoms with Gasteiger partial charge in [-0.25, -0.2) is 8.78 Å². The van der Waals surface area contributed by atoms with Crippen LogP contribution in [0.1, 0.15) is 40.2 Å². The van der Waals surface area contributed by atoms with Crippen molar-refractivity contribution in [2.24, 2.45) is 0 Å². The molecule has 0 saturated carbocycles. The molecular formula is C17H22BF2NO3S. The zero-order valence-corrected chi connectivity index (χ0v) is 15.8. The van der Waals surface area contributed by atoms with E-state index in [0.29, 0.717) is 16.8 Å². The molecule has 1 fully saturated rings. The molecule has 4 nitrogen and oxygen atoms in total. The molecule has 0 radical (unpaired) electrons. The van der Waals surface area contributed by atoms with E-state index in [2.05, 4.69) is 0 Å². The number of thioether (sulfide) groups is 1. The van der Waals surface area contributed by atoms with Crippen LogP contribution in [0.3, 0.4) is 0 Å². The van der Waals surface area contributed by atoms with Crippen LogP contribution in [0.2, 0.25) is 0 Å². The van der Waals surface area contributed by atoms with E-state index in [-0.39, 0.29) is 10.8 Å². The highest BCUT2D eigenvalue weighted by Gasteiger charge is 2.52. The van der Waals surface area contributed by atoms with E-state index in [1.54, 1.807) is 6.08 Å². The Kier molecular flexibility index (Phi) is 5.66. The smallest absolute Gasteiger partial charge is 0.400 e. The van der Waals surface area contributed by atoms with Gasteiger partial charge in [-0.15, -0.1) is 0 Å². The average molecular weight is 369 g/mol. The molecule has 0 aromatic heterocycles. The fourth-order valence-corrected chi connectivity index (χ4v) is 2.85. The lowest BCUT2D eigenvalue weighted by Crippen LogP contribution is -2.41. The maximum absolute atomic E-state index is 13.6. The molecule has 2 N–H and O–H groups in total. The molecule has 136 valence electrons. The van der Waals surface area contributed by atoms with Crippen LogP contribution in [-0.4, -0.2) is 29.2 Å². The Morgan fingerprint density at radius 1 is 1.20 bits per heavy atom. The molecule has 0 spiro atoms. The summed E-state index contributed by atoms with van der Waals surface area (Å²) in [5.74, 6) is -1.71. The van der Waals surface area contributed by atoms with Crippen molar-refractivity contribution < 1.29 is 22.9 Å². The lowest BCUT2D eigenvalue weighted by molar-refractivity contribution is -0.109. The van der Waals surface area contributed by atoms with E-state index >= 15 is 0 Å². The summed E-state index contributed by atoms with van der Waals surface area (Å²) in [4.78, 5) is 11.4. The van der Waals surface area contributed by atoms with Gasteiger partial charge in [-0.05, 0) is 44.8 Å². The van der Waals surface area contributed by atoms with Gasteiger partial charge >= 0.3 is 7.12 Å². The summed E-state index contributed by atoms with van der Waals surface area (Å²) < 4.78 is 38.8. The van der Waals surface area contributed by atoms with Crippen LogP contribution in [0, 0.1) is 11.6 Å². The largest absolute Gasteiger partial charge is 0.491 e. The Balaban J connectivity index is 2.40. The number of carbonyl (C=O) groups is 1. The highest BCUT2D eigenvalue weighted by Crippen LogP contribution is 2.39. The highest BCUT2D eigenvalue weighted by molar-refractivity contribution is 8.13. The van der Waals surface area contributed by atoms with Crippen LogP contribution in [0.4, 0.5) is 14.5 Å². The number of benzene rings is 1. The van der Waals surface area contributed by atoms with Gasteiger partial charge in [0.05, 0.1) is 11.2 Å². The molecule has 1 aliphatic heterocycles. The molecule has 1 aliphatic rings. The van der Waals surface area contributed by atoms with Gasteiger partial charge in [0.2, 0.25) is 0 Å². The second-order valence-corrected chi connectivity index (χ2v) is 8.14. The lowest BCUT2D eigenvalue weighted by atomic mass is 9.78. The summed E-state index contributed by atoms with van der Waals surface area (Å²) in [6.07, 6.45) is 1.59. The van der Waals surface area contributed by atoms with Crippen molar-refractivity contribution in [1.82, 2.24) is 0 Å². The second-order valence-electron chi connectivity index (χ2n) is 6.98. The summed E-state index contributed by atoms with van der Waals surface area (Å²) in [5.41, 5.74) is 5.71. The van der Waals surface area contributed by atoms with Gasteiger partial charge in [0.25, 0.3) is 0 Å². The van der Waals surface area contributed by atoms with Crippen LogP contribution in [0.25, 0.3) is 6.08 Å². The summed E-state index contributed by atoms with van der Waals surface area (Å²) in [5, 5.41) is -0.0688. The van der Waals surface area contributed by atoms with Gasteiger partial charge < -0.3 is 15.0 Å². The van der Waals surface area contributed by atoms with Crippen LogP contribution in [0.15, 0.2) is 17.6 Å². The number of hydrogen-bond donors (Lipinski definition) is 1. The first-order valence-electron chi connectivity index (χ1n) is 7.87. The van der Waals surface area contributed by atoms with Crippen molar-refractivity contribution in [3.05, 3.63) is 34.8 Å². The molecular weight excluding hydrogens is 347 g/mol. The molecule has 2 rings (SSSR count). The maximum atomic E-state index is 13.6. The third kappa shape index (κ3) is 4.43. The molecule has 1 aromatic rings. The average Bonchev–Trinajstić information content (AvgIpc) is 2.68. The van der Waals surface area contributed by atoms with E-state index in [4.69, 9.17) is 15.0 Å². The van der Waals surface area contributed by atoms with Crippen molar-refractivity contribution in [2.75, 3.05) is 11.5 Å². The topological polar surface area (TPSA) is 61.6 Å². The van der Waals surface area contributed by atoms with E-state index in [1.165, 1.54) is 6.92 Å². The summed E-state index contributed by atoms with van der Waals surface area (Å²) >= 11 is 1.08. The van der Waals surface area contributed by atoms with Gasteiger partial charge in [-0.1, -0.05) is 17.8 Å². The number of rotatable bonds is 4. The SMILES string of the molecule is CC(=O)SCC(=Cc1cc(F)c(F)cc1N)B1OC(C)(C)C(C)(C)O1. The Hall–Kier alpha value is -1.38. The van der Waals surface area contributed by atoms with E-state index in [0.717, 1.165) is 23.9 Å². The molecule has 0 atom stereocenters. The zero-order valence-electron chi connectivity index (χ0n) is 15.0. The summed E-state index contributed by atoms with van der Waals surface area (Å²) in [7, 11) is -0.704. The quantitative estimate of drug-likeness (QED) is 0.646. The summed E-state index contributed by atoms with van der Waals surface area (Å²) in [6, 6.07) is 1.95. The molecule has 25 heavy (non-hydrogen) atoms. The first-order valence-corrected chi connectivity index (χ1v) is 8.85. The first kappa shape index (κ1) is 19.9. The number of carbonyl (C=O) groups excluding carboxylic acids is 1. The Morgan fingerprint density at radius 2 is 1.72 bits per heavy atom. The minimum Gasteiger partial charge on any atom is -0.400 e. The van der Waals surface area contributed by atoms with Gasteiger partial charge in [-0.2, -0.15) is 0 Å². The number of halogens is 2. The Bertz CT molecular complexity index is 706. The van der Waals surface area contributed by atoms with Gasteiger partial charge in [0, 0.05) is 24.4 Å². The molecule has 1 heterocycles. The fraction of sp³-hybridized carbons (Fsp3) is 0.471. The zero-order chi connectivity index (χ0) is 19.0. The monoisotopic (exact) mass is 369 g/mol. The predicted molar refractivity (Wildman–Crippen MR) is 98.0 cm³/mol. The molecule has 1 saturated heterocycles.